The van der Waals surface area contributed by atoms with Gasteiger partial charge in [0.05, 0.1) is 11.5 Å². The van der Waals surface area contributed by atoms with Gasteiger partial charge in [0, 0.05) is 32.7 Å². The van der Waals surface area contributed by atoms with Gasteiger partial charge in [-0.05, 0) is 13.0 Å². The zero-order valence-corrected chi connectivity index (χ0v) is 10.5. The van der Waals surface area contributed by atoms with Crippen molar-refractivity contribution in [1.29, 1.82) is 0 Å². The highest BCUT2D eigenvalue weighted by molar-refractivity contribution is 5.48. The number of hydrogen-bond donors (Lipinski definition) is 1. The largest absolute Gasteiger partial charge is 0.473 e. The van der Waals surface area contributed by atoms with Crippen LogP contribution in [-0.2, 0) is 4.74 Å². The van der Waals surface area contributed by atoms with Gasteiger partial charge in [-0.15, -0.1) is 0 Å². The molecular weight excluding hydrogens is 238 g/mol. The van der Waals surface area contributed by atoms with Crippen molar-refractivity contribution in [3.8, 4) is 5.88 Å². The molecule has 0 amide bonds. The second kappa shape index (κ2) is 7.44. The van der Waals surface area contributed by atoms with E-state index in [4.69, 9.17) is 9.47 Å². The summed E-state index contributed by atoms with van der Waals surface area (Å²) in [6, 6.07) is 2.94. The van der Waals surface area contributed by atoms with Gasteiger partial charge < -0.3 is 14.8 Å². The average molecular weight is 255 g/mol. The molecule has 7 nitrogen and oxygen atoms in total. The minimum Gasteiger partial charge on any atom is -0.473 e. The smallest absolute Gasteiger partial charge is 0.331 e. The van der Waals surface area contributed by atoms with Crippen LogP contribution in [0.5, 0.6) is 5.88 Å². The number of pyridine rings is 1. The Bertz CT molecular complexity index is 398. The van der Waals surface area contributed by atoms with Crippen molar-refractivity contribution >= 4 is 11.5 Å². The van der Waals surface area contributed by atoms with Gasteiger partial charge in [0.25, 0.3) is 5.88 Å². The van der Waals surface area contributed by atoms with E-state index in [1.807, 2.05) is 6.92 Å². The Morgan fingerprint density at radius 1 is 1.44 bits per heavy atom. The van der Waals surface area contributed by atoms with Gasteiger partial charge in [0.2, 0.25) is 0 Å². The standard InChI is InChI=1S/C11H17N3O4/c1-3-12-10-6-5-9(14(15)16)11(13-10)18-8-4-7-17-2/h5-6H,3-4,7-8H2,1-2H3,(H,12,13). The van der Waals surface area contributed by atoms with Crippen LogP contribution in [-0.4, -0.2) is 36.8 Å². The fourth-order valence-corrected chi connectivity index (χ4v) is 1.33. The Labute approximate surface area is 105 Å². The topological polar surface area (TPSA) is 86.5 Å². The lowest BCUT2D eigenvalue weighted by atomic mass is 10.4. The van der Waals surface area contributed by atoms with Crippen LogP contribution >= 0.6 is 0 Å². The zero-order valence-electron chi connectivity index (χ0n) is 10.5. The van der Waals surface area contributed by atoms with Gasteiger partial charge in [0.1, 0.15) is 5.82 Å². The highest BCUT2D eigenvalue weighted by Gasteiger charge is 2.17. The maximum Gasteiger partial charge on any atom is 0.331 e. The highest BCUT2D eigenvalue weighted by atomic mass is 16.6. The van der Waals surface area contributed by atoms with E-state index in [-0.39, 0.29) is 11.6 Å². The summed E-state index contributed by atoms with van der Waals surface area (Å²) in [6.45, 7) is 3.48. The van der Waals surface area contributed by atoms with Crippen LogP contribution in [0.1, 0.15) is 13.3 Å². The molecule has 1 rings (SSSR count). The van der Waals surface area contributed by atoms with Gasteiger partial charge in [-0.25, -0.2) is 0 Å². The molecule has 0 bridgehead atoms. The van der Waals surface area contributed by atoms with Crippen LogP contribution < -0.4 is 10.1 Å². The molecule has 1 N–H and O–H groups in total. The molecule has 100 valence electrons. The summed E-state index contributed by atoms with van der Waals surface area (Å²) in [7, 11) is 1.59. The van der Waals surface area contributed by atoms with Crippen molar-refractivity contribution in [1.82, 2.24) is 4.98 Å². The highest BCUT2D eigenvalue weighted by Crippen LogP contribution is 2.26. The lowest BCUT2D eigenvalue weighted by Crippen LogP contribution is -2.07. The van der Waals surface area contributed by atoms with Crippen LogP contribution in [0.3, 0.4) is 0 Å². The Hall–Kier alpha value is -1.89. The van der Waals surface area contributed by atoms with Crippen molar-refractivity contribution < 1.29 is 14.4 Å². The molecule has 0 radical (unpaired) electrons. The fourth-order valence-electron chi connectivity index (χ4n) is 1.33. The predicted molar refractivity (Wildman–Crippen MR) is 67.0 cm³/mol. The van der Waals surface area contributed by atoms with E-state index in [1.165, 1.54) is 6.07 Å². The Kier molecular flexibility index (Phi) is 5.86. The number of nitrogens with one attached hydrogen (secondary N) is 1. The van der Waals surface area contributed by atoms with Crippen molar-refractivity contribution in [2.75, 3.05) is 32.2 Å². The first kappa shape index (κ1) is 14.2. The summed E-state index contributed by atoms with van der Waals surface area (Å²) in [5.41, 5.74) is -0.130. The monoisotopic (exact) mass is 255 g/mol. The molecular formula is C11H17N3O4. The molecule has 0 atom stereocenters. The second-order valence-corrected chi connectivity index (χ2v) is 3.50. The van der Waals surface area contributed by atoms with Gasteiger partial charge in [-0.3, -0.25) is 10.1 Å². The molecule has 0 saturated heterocycles. The summed E-state index contributed by atoms with van der Waals surface area (Å²) in [4.78, 5) is 14.4. The molecule has 7 heteroatoms. The molecule has 0 unspecified atom stereocenters. The summed E-state index contributed by atoms with van der Waals surface area (Å²) < 4.78 is 10.2. The van der Waals surface area contributed by atoms with Crippen molar-refractivity contribution in [3.05, 3.63) is 22.2 Å². The van der Waals surface area contributed by atoms with Crippen LogP contribution in [0.25, 0.3) is 0 Å². The van der Waals surface area contributed by atoms with E-state index in [1.54, 1.807) is 13.2 Å². The van der Waals surface area contributed by atoms with Gasteiger partial charge in [0.15, 0.2) is 0 Å². The van der Waals surface area contributed by atoms with Gasteiger partial charge in [-0.2, -0.15) is 4.98 Å². The molecule has 1 heterocycles. The molecule has 0 fully saturated rings. The molecule has 0 aliphatic rings. The molecule has 0 spiro atoms. The van der Waals surface area contributed by atoms with Gasteiger partial charge in [-0.1, -0.05) is 0 Å². The first-order chi connectivity index (χ1) is 8.69. The first-order valence-corrected chi connectivity index (χ1v) is 5.70. The van der Waals surface area contributed by atoms with Crippen LogP contribution in [0.2, 0.25) is 0 Å². The number of rotatable bonds is 8. The first-order valence-electron chi connectivity index (χ1n) is 5.70. The normalized spacial score (nSPS) is 10.1. The number of methoxy groups -OCH3 is 1. The SMILES string of the molecule is CCNc1ccc([N+](=O)[O-])c(OCCCOC)n1. The van der Waals surface area contributed by atoms with E-state index in [0.29, 0.717) is 32.0 Å². The number of nitrogens with zero attached hydrogens (tertiary/aromatic N) is 2. The zero-order chi connectivity index (χ0) is 13.4. The average Bonchev–Trinajstić information content (AvgIpc) is 2.35. The third-order valence-corrected chi connectivity index (χ3v) is 2.13. The maximum atomic E-state index is 10.8. The van der Waals surface area contributed by atoms with Crippen LogP contribution in [0.4, 0.5) is 11.5 Å². The molecule has 0 aliphatic heterocycles. The minimum atomic E-state index is -0.506. The van der Waals surface area contributed by atoms with E-state index >= 15 is 0 Å². The van der Waals surface area contributed by atoms with Crippen molar-refractivity contribution in [2.45, 2.75) is 13.3 Å². The summed E-state index contributed by atoms with van der Waals surface area (Å²) in [5.74, 6) is 0.597. The number of hydrogen-bond acceptors (Lipinski definition) is 6. The van der Waals surface area contributed by atoms with Crippen LogP contribution in [0, 0.1) is 10.1 Å². The summed E-state index contributed by atoms with van der Waals surface area (Å²) >= 11 is 0. The second-order valence-electron chi connectivity index (χ2n) is 3.50. The van der Waals surface area contributed by atoms with Crippen molar-refractivity contribution in [3.63, 3.8) is 0 Å². The Balaban J connectivity index is 2.76. The van der Waals surface area contributed by atoms with Crippen LogP contribution in [0.15, 0.2) is 12.1 Å². The number of aromatic nitrogens is 1. The molecule has 18 heavy (non-hydrogen) atoms. The van der Waals surface area contributed by atoms with Crippen molar-refractivity contribution in [2.24, 2.45) is 0 Å². The predicted octanol–water partition coefficient (Wildman–Crippen LogP) is 1.84. The number of anilines is 1. The lowest BCUT2D eigenvalue weighted by molar-refractivity contribution is -0.386. The molecule has 1 aromatic heterocycles. The Morgan fingerprint density at radius 2 is 2.22 bits per heavy atom. The molecule has 0 saturated carbocycles. The van der Waals surface area contributed by atoms with E-state index in [2.05, 4.69) is 10.3 Å². The summed E-state index contributed by atoms with van der Waals surface area (Å²) in [5, 5.41) is 13.8. The van der Waals surface area contributed by atoms with Gasteiger partial charge >= 0.3 is 5.69 Å². The number of nitro groups is 1. The number of ether oxygens (including phenoxy) is 2. The third-order valence-electron chi connectivity index (χ3n) is 2.13. The molecule has 0 aliphatic carbocycles. The van der Waals surface area contributed by atoms with E-state index < -0.39 is 4.92 Å². The fraction of sp³-hybridized carbons (Fsp3) is 0.545. The summed E-state index contributed by atoms with van der Waals surface area (Å²) in [6.07, 6.45) is 0.654. The molecule has 0 aromatic carbocycles. The minimum absolute atomic E-state index is 0.0366. The maximum absolute atomic E-state index is 10.8. The Morgan fingerprint density at radius 3 is 2.83 bits per heavy atom. The third kappa shape index (κ3) is 4.17. The van der Waals surface area contributed by atoms with E-state index in [0.717, 1.165) is 0 Å². The lowest BCUT2D eigenvalue weighted by Gasteiger charge is -2.08. The van der Waals surface area contributed by atoms with E-state index in [9.17, 15) is 10.1 Å². The molecule has 1 aromatic rings. The quantitative estimate of drug-likeness (QED) is 0.433.